The predicted molar refractivity (Wildman–Crippen MR) is 150 cm³/mol. The number of aromatic nitrogens is 5. The van der Waals surface area contributed by atoms with Crippen molar-refractivity contribution in [1.82, 2.24) is 24.5 Å². The molecule has 6 N–H and O–H groups in total. The van der Waals surface area contributed by atoms with Crippen molar-refractivity contribution >= 4 is 45.2 Å². The molecule has 1 fully saturated rings. The summed E-state index contributed by atoms with van der Waals surface area (Å²) in [5.74, 6) is 1.08. The highest BCUT2D eigenvalue weighted by atomic mass is 16.5. The van der Waals surface area contributed by atoms with E-state index in [0.717, 1.165) is 38.8 Å². The number of ether oxygens (including phenoxy) is 1. The molecular weight excluding hydrogens is 496 g/mol. The average Bonchev–Trinajstić information content (AvgIpc) is 3.44. The number of para-hydroxylation sites is 1. The third kappa shape index (κ3) is 4.24. The van der Waals surface area contributed by atoms with Gasteiger partial charge in [-0.3, -0.25) is 4.79 Å². The zero-order valence-corrected chi connectivity index (χ0v) is 21.2. The summed E-state index contributed by atoms with van der Waals surface area (Å²) < 4.78 is 7.17. The Hall–Kier alpha value is -5.15. The lowest BCUT2D eigenvalue weighted by molar-refractivity contribution is 0.122. The minimum atomic E-state index is -0.0861. The molecule has 12 nitrogen and oxygen atoms in total. The van der Waals surface area contributed by atoms with Gasteiger partial charge >= 0.3 is 0 Å². The molecule has 4 aromatic heterocycles. The maximum absolute atomic E-state index is 12.7. The number of fused-ring (bicyclic) bond motifs is 2. The third-order valence-corrected chi connectivity index (χ3v) is 6.91. The Morgan fingerprint density at radius 3 is 2.77 bits per heavy atom. The molecule has 0 aliphatic carbocycles. The summed E-state index contributed by atoms with van der Waals surface area (Å²) in [7, 11) is 1.75. The van der Waals surface area contributed by atoms with Crippen molar-refractivity contribution in [2.24, 2.45) is 7.05 Å². The van der Waals surface area contributed by atoms with Crippen LogP contribution in [0, 0.1) is 11.3 Å². The fourth-order valence-corrected chi connectivity index (χ4v) is 5.03. The largest absolute Gasteiger partial charge is 0.382 e. The van der Waals surface area contributed by atoms with Gasteiger partial charge in [-0.05, 0) is 12.1 Å². The standard InChI is InChI=1S/C27H26N10O2/c1-36-14-20(18-5-6-31-22(18)26(36)38)17-4-2-3-15-11-16(25(33-21(15)17)37-7-9-39-10-8-37)13-32-24-19(12-28)23(29)34-27(30)35-24/h2-6,11,14,31H,7-10,13H2,1H3,(H5,29,30,32,34,35). The lowest BCUT2D eigenvalue weighted by Crippen LogP contribution is -2.37. The minimum Gasteiger partial charge on any atom is -0.382 e. The average molecular weight is 523 g/mol. The van der Waals surface area contributed by atoms with Crippen molar-refractivity contribution < 1.29 is 4.74 Å². The molecule has 12 heteroatoms. The summed E-state index contributed by atoms with van der Waals surface area (Å²) in [6, 6.07) is 12.1. The Balaban J connectivity index is 1.50. The first-order valence-electron chi connectivity index (χ1n) is 12.4. The number of nitrogens with two attached hydrogens (primary N) is 2. The van der Waals surface area contributed by atoms with Crippen LogP contribution in [0.2, 0.25) is 0 Å². The van der Waals surface area contributed by atoms with Gasteiger partial charge in [-0.2, -0.15) is 15.2 Å². The Labute approximate surface area is 222 Å². The molecule has 0 radical (unpaired) electrons. The van der Waals surface area contributed by atoms with Gasteiger partial charge in [0.05, 0.1) is 18.7 Å². The topological polar surface area (TPSA) is 177 Å². The number of anilines is 4. The zero-order chi connectivity index (χ0) is 27.1. The second kappa shape index (κ2) is 9.62. The summed E-state index contributed by atoms with van der Waals surface area (Å²) in [6.07, 6.45) is 3.63. The molecule has 5 heterocycles. The highest BCUT2D eigenvalue weighted by Gasteiger charge is 2.21. The number of rotatable bonds is 5. The molecule has 1 saturated heterocycles. The molecule has 1 aliphatic rings. The summed E-state index contributed by atoms with van der Waals surface area (Å²) >= 11 is 0. The molecule has 39 heavy (non-hydrogen) atoms. The van der Waals surface area contributed by atoms with E-state index in [1.54, 1.807) is 17.8 Å². The molecule has 196 valence electrons. The fraction of sp³-hybridized carbons (Fsp3) is 0.222. The molecule has 0 amide bonds. The normalized spacial score (nSPS) is 13.6. The van der Waals surface area contributed by atoms with Crippen LogP contribution in [0.4, 0.5) is 23.4 Å². The number of nitrogens with zero attached hydrogens (tertiary/aromatic N) is 6. The van der Waals surface area contributed by atoms with Crippen LogP contribution in [-0.2, 0) is 18.3 Å². The van der Waals surface area contributed by atoms with Gasteiger partial charge in [0.15, 0.2) is 5.82 Å². The van der Waals surface area contributed by atoms with E-state index in [4.69, 9.17) is 21.2 Å². The van der Waals surface area contributed by atoms with Crippen LogP contribution >= 0.6 is 0 Å². The smallest absolute Gasteiger partial charge is 0.274 e. The molecular formula is C27H26N10O2. The molecule has 1 aliphatic heterocycles. The SMILES string of the molecule is Cn1cc(-c2cccc3cc(CNc4nc(N)nc(N)c4C#N)c(N4CCOCC4)nc23)c2cc[nH]c2c1=O. The number of hydrogen-bond donors (Lipinski definition) is 4. The number of nitrogen functional groups attached to an aromatic ring is 2. The van der Waals surface area contributed by atoms with E-state index in [-0.39, 0.29) is 28.7 Å². The van der Waals surface area contributed by atoms with Gasteiger partial charge in [0.25, 0.3) is 5.56 Å². The molecule has 1 aromatic carbocycles. The van der Waals surface area contributed by atoms with Gasteiger partial charge in [0, 0.05) is 66.5 Å². The Kier molecular flexibility index (Phi) is 5.97. The number of nitriles is 1. The van der Waals surface area contributed by atoms with E-state index in [2.05, 4.69) is 31.2 Å². The lowest BCUT2D eigenvalue weighted by atomic mass is 9.99. The number of nitrogens with one attached hydrogen (secondary N) is 2. The number of aryl methyl sites for hydroxylation is 1. The third-order valence-electron chi connectivity index (χ3n) is 6.91. The van der Waals surface area contributed by atoms with Crippen LogP contribution in [0.5, 0.6) is 0 Å². The van der Waals surface area contributed by atoms with Crippen molar-refractivity contribution in [3.8, 4) is 17.2 Å². The van der Waals surface area contributed by atoms with Crippen molar-refractivity contribution in [3.63, 3.8) is 0 Å². The van der Waals surface area contributed by atoms with Gasteiger partial charge in [0.1, 0.15) is 28.8 Å². The molecule has 0 unspecified atom stereocenters. The molecule has 0 bridgehead atoms. The number of pyridine rings is 2. The Bertz CT molecular complexity index is 1830. The second-order valence-electron chi connectivity index (χ2n) is 9.33. The highest BCUT2D eigenvalue weighted by molar-refractivity contribution is 6.03. The maximum Gasteiger partial charge on any atom is 0.274 e. The Morgan fingerprint density at radius 2 is 1.97 bits per heavy atom. The first-order chi connectivity index (χ1) is 18.9. The van der Waals surface area contributed by atoms with Crippen LogP contribution in [0.3, 0.4) is 0 Å². The zero-order valence-electron chi connectivity index (χ0n) is 21.2. The van der Waals surface area contributed by atoms with Crippen molar-refractivity contribution in [2.75, 3.05) is 48.0 Å². The first-order valence-corrected chi connectivity index (χ1v) is 12.4. The summed E-state index contributed by atoms with van der Waals surface area (Å²) in [6.45, 7) is 2.89. The van der Waals surface area contributed by atoms with Gasteiger partial charge < -0.3 is 36.0 Å². The van der Waals surface area contributed by atoms with E-state index in [1.807, 2.05) is 36.5 Å². The number of benzene rings is 1. The minimum absolute atomic E-state index is 0.0167. The number of hydrogen-bond acceptors (Lipinski definition) is 10. The quantitative estimate of drug-likeness (QED) is 0.268. The van der Waals surface area contributed by atoms with E-state index in [0.29, 0.717) is 38.4 Å². The van der Waals surface area contributed by atoms with Crippen LogP contribution in [0.1, 0.15) is 11.1 Å². The number of morpholine rings is 1. The van der Waals surface area contributed by atoms with Crippen LogP contribution < -0.4 is 27.2 Å². The van der Waals surface area contributed by atoms with Crippen LogP contribution in [-0.4, -0.2) is 50.8 Å². The second-order valence-corrected chi connectivity index (χ2v) is 9.33. The summed E-state index contributed by atoms with van der Waals surface area (Å²) in [4.78, 5) is 31.2. The summed E-state index contributed by atoms with van der Waals surface area (Å²) in [5.41, 5.74) is 15.8. The van der Waals surface area contributed by atoms with E-state index < -0.39 is 0 Å². The van der Waals surface area contributed by atoms with E-state index in [9.17, 15) is 10.1 Å². The van der Waals surface area contributed by atoms with Gasteiger partial charge in [-0.15, -0.1) is 0 Å². The predicted octanol–water partition coefficient (Wildman–Crippen LogP) is 2.36. The maximum atomic E-state index is 12.7. The molecule has 0 spiro atoms. The van der Waals surface area contributed by atoms with Crippen molar-refractivity contribution in [2.45, 2.75) is 6.54 Å². The highest BCUT2D eigenvalue weighted by Crippen LogP contribution is 2.35. The fourth-order valence-electron chi connectivity index (χ4n) is 5.03. The van der Waals surface area contributed by atoms with Gasteiger partial charge in [-0.25, -0.2) is 4.98 Å². The van der Waals surface area contributed by atoms with E-state index >= 15 is 0 Å². The monoisotopic (exact) mass is 522 g/mol. The van der Waals surface area contributed by atoms with Gasteiger partial charge in [-0.1, -0.05) is 18.2 Å². The molecule has 0 atom stereocenters. The Morgan fingerprint density at radius 1 is 1.15 bits per heavy atom. The van der Waals surface area contributed by atoms with Crippen molar-refractivity contribution in [3.05, 3.63) is 64.2 Å². The van der Waals surface area contributed by atoms with Gasteiger partial charge in [0.2, 0.25) is 5.95 Å². The van der Waals surface area contributed by atoms with Crippen LogP contribution in [0.15, 0.2) is 47.5 Å². The first kappa shape index (κ1) is 24.2. The van der Waals surface area contributed by atoms with Crippen LogP contribution in [0.25, 0.3) is 32.9 Å². The van der Waals surface area contributed by atoms with E-state index in [1.165, 1.54) is 0 Å². The molecule has 0 saturated carbocycles. The number of aromatic amines is 1. The molecule has 6 rings (SSSR count). The lowest BCUT2D eigenvalue weighted by Gasteiger charge is -2.30. The summed E-state index contributed by atoms with van der Waals surface area (Å²) in [5, 5.41) is 14.6. The van der Waals surface area contributed by atoms with Crippen molar-refractivity contribution in [1.29, 1.82) is 5.26 Å². The number of H-pyrrole nitrogens is 1. The molecule has 5 aromatic rings.